The van der Waals surface area contributed by atoms with Gasteiger partial charge in [0.2, 0.25) is 0 Å². The average Bonchev–Trinajstić information content (AvgIpc) is 2.68. The van der Waals surface area contributed by atoms with Crippen molar-refractivity contribution in [1.29, 1.82) is 0 Å². The second-order valence-electron chi connectivity index (χ2n) is 5.32. The number of fused-ring (bicyclic) bond motifs is 3. The molecule has 20 heavy (non-hydrogen) atoms. The number of rotatable bonds is 3. The number of hydrogen-bond acceptors (Lipinski definition) is 2. The van der Waals surface area contributed by atoms with Crippen LogP contribution < -0.4 is 10.1 Å². The average molecular weight is 290 g/mol. The Morgan fingerprint density at radius 2 is 2.10 bits per heavy atom. The van der Waals surface area contributed by atoms with E-state index in [4.69, 9.17) is 16.3 Å². The van der Waals surface area contributed by atoms with Crippen molar-refractivity contribution in [3.63, 3.8) is 0 Å². The number of nitrogens with one attached hydrogen (secondary N) is 1. The molecule has 2 nitrogen and oxygen atoms in total. The Morgan fingerprint density at radius 3 is 2.90 bits per heavy atom. The Labute approximate surface area is 125 Å². The lowest BCUT2D eigenvalue weighted by Gasteiger charge is -2.20. The molecular formula is C17H20ClNO. The molecule has 0 spiro atoms. The summed E-state index contributed by atoms with van der Waals surface area (Å²) >= 11 is 6.46. The van der Waals surface area contributed by atoms with E-state index in [1.807, 2.05) is 12.1 Å². The number of ether oxygens (including phenoxy) is 1. The van der Waals surface area contributed by atoms with Crippen LogP contribution in [0.15, 0.2) is 30.3 Å². The molecular weight excluding hydrogens is 270 g/mol. The molecule has 3 heteroatoms. The second-order valence-corrected chi connectivity index (χ2v) is 5.73. The summed E-state index contributed by atoms with van der Waals surface area (Å²) in [6.07, 6.45) is 3.30. The zero-order valence-corrected chi connectivity index (χ0v) is 12.5. The quantitative estimate of drug-likeness (QED) is 0.884. The summed E-state index contributed by atoms with van der Waals surface area (Å²) in [5.41, 5.74) is 1.21. The van der Waals surface area contributed by atoms with Gasteiger partial charge in [-0.25, -0.2) is 0 Å². The van der Waals surface area contributed by atoms with Crippen molar-refractivity contribution in [3.05, 3.63) is 40.9 Å². The lowest BCUT2D eigenvalue weighted by Crippen LogP contribution is -2.21. The van der Waals surface area contributed by atoms with Crippen LogP contribution in [0.2, 0.25) is 5.02 Å². The van der Waals surface area contributed by atoms with Gasteiger partial charge in [-0.2, -0.15) is 0 Å². The molecule has 1 atom stereocenters. The Balaban J connectivity index is 2.13. The van der Waals surface area contributed by atoms with Gasteiger partial charge in [0.1, 0.15) is 5.75 Å². The minimum absolute atomic E-state index is 0.342. The van der Waals surface area contributed by atoms with E-state index < -0.39 is 0 Å². The molecule has 0 bridgehead atoms. The molecule has 0 radical (unpaired) electrons. The van der Waals surface area contributed by atoms with Crippen molar-refractivity contribution in [2.75, 3.05) is 13.2 Å². The molecule has 3 rings (SSSR count). The Morgan fingerprint density at radius 1 is 1.30 bits per heavy atom. The van der Waals surface area contributed by atoms with Gasteiger partial charge in [-0.15, -0.1) is 0 Å². The van der Waals surface area contributed by atoms with E-state index in [2.05, 4.69) is 30.4 Å². The van der Waals surface area contributed by atoms with Crippen molar-refractivity contribution in [2.45, 2.75) is 32.2 Å². The molecule has 1 aliphatic heterocycles. The fraction of sp³-hybridized carbons (Fsp3) is 0.412. The molecule has 0 amide bonds. The summed E-state index contributed by atoms with van der Waals surface area (Å²) in [6.45, 7) is 3.99. The first-order chi connectivity index (χ1) is 9.81. The largest absolute Gasteiger partial charge is 0.493 e. The van der Waals surface area contributed by atoms with Crippen molar-refractivity contribution in [1.82, 2.24) is 5.32 Å². The SMILES string of the molecule is CCCNC1CCCOc2c1cc(Cl)c1ccccc21. The number of halogens is 1. The van der Waals surface area contributed by atoms with E-state index >= 15 is 0 Å². The molecule has 1 aliphatic rings. The fourth-order valence-electron chi connectivity index (χ4n) is 2.89. The number of hydrogen-bond donors (Lipinski definition) is 1. The standard InChI is InChI=1S/C17H20ClNO/c1-2-9-19-16-8-5-10-20-17-13-7-4-3-6-12(13)15(18)11-14(16)17/h3-4,6-7,11,16,19H,2,5,8-10H2,1H3. The molecule has 0 saturated carbocycles. The van der Waals surface area contributed by atoms with E-state index in [-0.39, 0.29) is 0 Å². The van der Waals surface area contributed by atoms with Crippen molar-refractivity contribution in [2.24, 2.45) is 0 Å². The predicted molar refractivity (Wildman–Crippen MR) is 84.7 cm³/mol. The molecule has 0 aliphatic carbocycles. The normalized spacial score (nSPS) is 18.4. The van der Waals surface area contributed by atoms with Gasteiger partial charge >= 0.3 is 0 Å². The summed E-state index contributed by atoms with van der Waals surface area (Å²) < 4.78 is 6.03. The summed E-state index contributed by atoms with van der Waals surface area (Å²) in [7, 11) is 0. The van der Waals surface area contributed by atoms with Crippen LogP contribution in [0.4, 0.5) is 0 Å². The zero-order chi connectivity index (χ0) is 13.9. The van der Waals surface area contributed by atoms with E-state index in [0.29, 0.717) is 6.04 Å². The van der Waals surface area contributed by atoms with Gasteiger partial charge in [-0.3, -0.25) is 0 Å². The number of benzene rings is 2. The maximum Gasteiger partial charge on any atom is 0.131 e. The van der Waals surface area contributed by atoms with E-state index in [0.717, 1.165) is 54.0 Å². The van der Waals surface area contributed by atoms with Crippen molar-refractivity contribution < 1.29 is 4.74 Å². The third-order valence-electron chi connectivity index (χ3n) is 3.87. The lowest BCUT2D eigenvalue weighted by molar-refractivity contribution is 0.318. The van der Waals surface area contributed by atoms with Crippen molar-refractivity contribution in [3.8, 4) is 5.75 Å². The lowest BCUT2D eigenvalue weighted by atomic mass is 9.98. The summed E-state index contributed by atoms with van der Waals surface area (Å²) in [6, 6.07) is 10.6. The third-order valence-corrected chi connectivity index (χ3v) is 4.19. The molecule has 0 fully saturated rings. The first-order valence-corrected chi connectivity index (χ1v) is 7.76. The Bertz CT molecular complexity index is 611. The first kappa shape index (κ1) is 13.7. The van der Waals surface area contributed by atoms with Gasteiger partial charge < -0.3 is 10.1 Å². The van der Waals surface area contributed by atoms with Crippen LogP contribution in [0.25, 0.3) is 10.8 Å². The second kappa shape index (κ2) is 6.02. The van der Waals surface area contributed by atoms with Crippen LogP contribution in [-0.4, -0.2) is 13.2 Å². The molecule has 1 N–H and O–H groups in total. The minimum atomic E-state index is 0.342. The smallest absolute Gasteiger partial charge is 0.131 e. The topological polar surface area (TPSA) is 21.3 Å². The van der Waals surface area contributed by atoms with Gasteiger partial charge in [-0.05, 0) is 31.9 Å². The van der Waals surface area contributed by atoms with Crippen LogP contribution in [0.3, 0.4) is 0 Å². The summed E-state index contributed by atoms with van der Waals surface area (Å²) in [4.78, 5) is 0. The molecule has 0 saturated heterocycles. The van der Waals surface area contributed by atoms with E-state index in [9.17, 15) is 0 Å². The third kappa shape index (κ3) is 2.50. The van der Waals surface area contributed by atoms with Gasteiger partial charge in [0.15, 0.2) is 0 Å². The van der Waals surface area contributed by atoms with Crippen LogP contribution in [0.1, 0.15) is 37.8 Å². The molecule has 2 aromatic carbocycles. The van der Waals surface area contributed by atoms with Gasteiger partial charge in [0, 0.05) is 27.4 Å². The Kier molecular flexibility index (Phi) is 4.13. The minimum Gasteiger partial charge on any atom is -0.493 e. The van der Waals surface area contributed by atoms with E-state index in [1.165, 1.54) is 5.56 Å². The summed E-state index contributed by atoms with van der Waals surface area (Å²) in [5.74, 6) is 1.01. The van der Waals surface area contributed by atoms with Crippen LogP contribution in [-0.2, 0) is 0 Å². The summed E-state index contributed by atoms with van der Waals surface area (Å²) in [5, 5.41) is 6.63. The van der Waals surface area contributed by atoms with Crippen molar-refractivity contribution >= 4 is 22.4 Å². The van der Waals surface area contributed by atoms with Crippen LogP contribution in [0, 0.1) is 0 Å². The van der Waals surface area contributed by atoms with Crippen LogP contribution >= 0.6 is 11.6 Å². The van der Waals surface area contributed by atoms with Gasteiger partial charge in [-0.1, -0.05) is 42.8 Å². The monoisotopic (exact) mass is 289 g/mol. The van der Waals surface area contributed by atoms with Gasteiger partial charge in [0.05, 0.1) is 6.61 Å². The predicted octanol–water partition coefficient (Wildman–Crippen LogP) is 4.71. The molecule has 0 aromatic heterocycles. The maximum absolute atomic E-state index is 6.46. The molecule has 1 heterocycles. The maximum atomic E-state index is 6.46. The first-order valence-electron chi connectivity index (χ1n) is 7.38. The zero-order valence-electron chi connectivity index (χ0n) is 11.8. The fourth-order valence-corrected chi connectivity index (χ4v) is 3.17. The molecule has 1 unspecified atom stereocenters. The highest BCUT2D eigenvalue weighted by molar-refractivity contribution is 6.36. The van der Waals surface area contributed by atoms with Gasteiger partial charge in [0.25, 0.3) is 0 Å². The van der Waals surface area contributed by atoms with Crippen LogP contribution in [0.5, 0.6) is 5.75 Å². The highest BCUT2D eigenvalue weighted by atomic mass is 35.5. The molecule has 2 aromatic rings. The Hall–Kier alpha value is -1.25. The van der Waals surface area contributed by atoms with E-state index in [1.54, 1.807) is 0 Å². The highest BCUT2D eigenvalue weighted by Crippen LogP contribution is 2.40. The highest BCUT2D eigenvalue weighted by Gasteiger charge is 2.22. The molecule has 106 valence electrons.